The third-order valence-corrected chi connectivity index (χ3v) is 4.12. The number of nitrogens with zero attached hydrogens (tertiary/aromatic N) is 2. The molecule has 0 N–H and O–H groups in total. The molecule has 0 unspecified atom stereocenters. The Morgan fingerprint density at radius 2 is 1.92 bits per heavy atom. The smallest absolute Gasteiger partial charge is 0.357 e. The van der Waals surface area contributed by atoms with Gasteiger partial charge >= 0.3 is 11.9 Å². The monoisotopic (exact) mass is 370 g/mol. The van der Waals surface area contributed by atoms with Gasteiger partial charge in [-0.25, -0.2) is 19.6 Å². The Hall–Kier alpha value is -2.99. The summed E-state index contributed by atoms with van der Waals surface area (Å²) in [7, 11) is 1.29. The fourth-order valence-electron chi connectivity index (χ4n) is 2.64. The molecule has 0 aliphatic carbocycles. The van der Waals surface area contributed by atoms with Crippen LogP contribution in [0.5, 0.6) is 0 Å². The van der Waals surface area contributed by atoms with E-state index >= 15 is 0 Å². The van der Waals surface area contributed by atoms with Crippen LogP contribution in [0.2, 0.25) is 5.02 Å². The lowest BCUT2D eigenvalue weighted by Gasteiger charge is -2.13. The van der Waals surface area contributed by atoms with E-state index in [0.717, 1.165) is 10.9 Å². The molecule has 0 amide bonds. The summed E-state index contributed by atoms with van der Waals surface area (Å²) in [5.74, 6) is -1.19. The van der Waals surface area contributed by atoms with Crippen molar-refractivity contribution >= 4 is 34.4 Å². The minimum absolute atomic E-state index is 0.0784. The maximum Gasteiger partial charge on any atom is 0.357 e. The molecule has 0 aliphatic rings. The molecular weight excluding hydrogens is 356 g/mol. The molecule has 0 aliphatic heterocycles. The van der Waals surface area contributed by atoms with Crippen LogP contribution in [0.1, 0.15) is 32.1 Å². The lowest BCUT2D eigenvalue weighted by molar-refractivity contribution is 0.0449. The molecule has 0 radical (unpaired) electrons. The highest BCUT2D eigenvalue weighted by atomic mass is 35.5. The molecule has 26 heavy (non-hydrogen) atoms. The molecular formula is C19H15ClN2O4. The van der Waals surface area contributed by atoms with E-state index in [4.69, 9.17) is 21.1 Å². The maximum atomic E-state index is 12.2. The van der Waals surface area contributed by atoms with Gasteiger partial charge in [0.25, 0.3) is 0 Å². The molecule has 3 rings (SSSR count). The highest BCUT2D eigenvalue weighted by Crippen LogP contribution is 2.24. The second-order valence-corrected chi connectivity index (χ2v) is 5.94. The van der Waals surface area contributed by atoms with Gasteiger partial charge in [0.1, 0.15) is 12.3 Å². The van der Waals surface area contributed by atoms with Crippen LogP contribution < -0.4 is 0 Å². The van der Waals surface area contributed by atoms with E-state index in [1.807, 2.05) is 24.3 Å². The Bertz CT molecular complexity index is 1000. The number of aryl methyl sites for hydroxylation is 1. The zero-order chi connectivity index (χ0) is 18.7. The van der Waals surface area contributed by atoms with E-state index in [1.165, 1.54) is 19.4 Å². The van der Waals surface area contributed by atoms with E-state index < -0.39 is 11.9 Å². The van der Waals surface area contributed by atoms with Gasteiger partial charge in [0, 0.05) is 16.6 Å². The Balaban J connectivity index is 1.96. The predicted octanol–water partition coefficient (Wildman–Crippen LogP) is 3.74. The SMILES string of the molecule is COC(=O)c1c(COC(=O)c2cc(Cl)ccn2)nc2ccccc2c1C. The molecule has 1 aromatic carbocycles. The summed E-state index contributed by atoms with van der Waals surface area (Å²) in [5.41, 5.74) is 2.11. The zero-order valence-corrected chi connectivity index (χ0v) is 14.9. The van der Waals surface area contributed by atoms with E-state index in [-0.39, 0.29) is 17.9 Å². The number of para-hydroxylation sites is 1. The number of hydrogen-bond acceptors (Lipinski definition) is 6. The number of hydrogen-bond donors (Lipinski definition) is 0. The molecule has 7 heteroatoms. The number of carbonyl (C=O) groups excluding carboxylic acids is 2. The molecule has 0 atom stereocenters. The Labute approximate surface area is 154 Å². The predicted molar refractivity (Wildman–Crippen MR) is 96.2 cm³/mol. The Morgan fingerprint density at radius 3 is 2.65 bits per heavy atom. The van der Waals surface area contributed by atoms with Crippen molar-refractivity contribution in [1.82, 2.24) is 9.97 Å². The van der Waals surface area contributed by atoms with Crippen molar-refractivity contribution in [2.75, 3.05) is 7.11 Å². The minimum Gasteiger partial charge on any atom is -0.465 e. The summed E-state index contributed by atoms with van der Waals surface area (Å²) < 4.78 is 10.1. The van der Waals surface area contributed by atoms with Gasteiger partial charge in [0.2, 0.25) is 0 Å². The van der Waals surface area contributed by atoms with Crippen LogP contribution in [0, 0.1) is 6.92 Å². The third-order valence-electron chi connectivity index (χ3n) is 3.89. The van der Waals surface area contributed by atoms with Gasteiger partial charge in [-0.05, 0) is 30.7 Å². The summed E-state index contributed by atoms with van der Waals surface area (Å²) in [6.45, 7) is 1.61. The van der Waals surface area contributed by atoms with E-state index in [9.17, 15) is 9.59 Å². The van der Waals surface area contributed by atoms with Crippen molar-refractivity contribution in [1.29, 1.82) is 0 Å². The number of fused-ring (bicyclic) bond motifs is 1. The summed E-state index contributed by atoms with van der Waals surface area (Å²) >= 11 is 5.86. The van der Waals surface area contributed by atoms with Gasteiger partial charge in [0.15, 0.2) is 0 Å². The van der Waals surface area contributed by atoms with Crippen LogP contribution in [0.3, 0.4) is 0 Å². The van der Waals surface area contributed by atoms with Crippen LogP contribution in [0.15, 0.2) is 42.6 Å². The summed E-state index contributed by atoms with van der Waals surface area (Å²) in [6.07, 6.45) is 1.41. The molecule has 2 heterocycles. The molecule has 0 saturated carbocycles. The molecule has 0 bridgehead atoms. The molecule has 0 spiro atoms. The van der Waals surface area contributed by atoms with Crippen LogP contribution in [0.4, 0.5) is 0 Å². The van der Waals surface area contributed by atoms with E-state index in [1.54, 1.807) is 13.0 Å². The minimum atomic E-state index is -0.657. The third kappa shape index (κ3) is 3.50. The van der Waals surface area contributed by atoms with Gasteiger partial charge in [-0.2, -0.15) is 0 Å². The zero-order valence-electron chi connectivity index (χ0n) is 14.2. The van der Waals surface area contributed by atoms with E-state index in [0.29, 0.717) is 16.2 Å². The fourth-order valence-corrected chi connectivity index (χ4v) is 2.80. The number of rotatable bonds is 4. The standard InChI is InChI=1S/C19H15ClN2O4/c1-11-13-5-3-4-6-14(13)22-16(17(11)19(24)25-2)10-26-18(23)15-9-12(20)7-8-21-15/h3-9H,10H2,1-2H3. The fraction of sp³-hybridized carbons (Fsp3) is 0.158. The molecule has 0 fully saturated rings. The largest absolute Gasteiger partial charge is 0.465 e. The van der Waals surface area contributed by atoms with Gasteiger partial charge in [0.05, 0.1) is 23.9 Å². The molecule has 0 saturated heterocycles. The van der Waals surface area contributed by atoms with Gasteiger partial charge in [-0.1, -0.05) is 29.8 Å². The first-order valence-electron chi connectivity index (χ1n) is 7.76. The van der Waals surface area contributed by atoms with Crippen molar-refractivity contribution in [2.24, 2.45) is 0 Å². The topological polar surface area (TPSA) is 78.4 Å². The summed E-state index contributed by atoms with van der Waals surface area (Å²) in [5, 5.41) is 1.21. The number of halogens is 1. The number of ether oxygens (including phenoxy) is 2. The molecule has 3 aromatic rings. The summed E-state index contributed by atoms with van der Waals surface area (Å²) in [6, 6.07) is 10.4. The lowest BCUT2D eigenvalue weighted by atomic mass is 10.0. The number of benzene rings is 1. The number of methoxy groups -OCH3 is 1. The Kier molecular flexibility index (Phi) is 5.14. The highest BCUT2D eigenvalue weighted by Gasteiger charge is 2.21. The Morgan fingerprint density at radius 1 is 1.15 bits per heavy atom. The van der Waals surface area contributed by atoms with Crippen molar-refractivity contribution in [3.63, 3.8) is 0 Å². The van der Waals surface area contributed by atoms with Crippen molar-refractivity contribution in [2.45, 2.75) is 13.5 Å². The molecule has 6 nitrogen and oxygen atoms in total. The van der Waals surface area contributed by atoms with Crippen LogP contribution >= 0.6 is 11.6 Å². The lowest BCUT2D eigenvalue weighted by Crippen LogP contribution is -2.14. The number of pyridine rings is 2. The second kappa shape index (κ2) is 7.49. The highest BCUT2D eigenvalue weighted by molar-refractivity contribution is 6.30. The molecule has 2 aromatic heterocycles. The van der Waals surface area contributed by atoms with Crippen LogP contribution in [-0.2, 0) is 16.1 Å². The van der Waals surface area contributed by atoms with Gasteiger partial charge < -0.3 is 9.47 Å². The second-order valence-electron chi connectivity index (χ2n) is 5.50. The first-order chi connectivity index (χ1) is 12.5. The van der Waals surface area contributed by atoms with Crippen molar-refractivity contribution in [3.8, 4) is 0 Å². The number of aromatic nitrogens is 2. The van der Waals surface area contributed by atoms with E-state index in [2.05, 4.69) is 9.97 Å². The summed E-state index contributed by atoms with van der Waals surface area (Å²) in [4.78, 5) is 32.8. The van der Waals surface area contributed by atoms with Crippen LogP contribution in [0.25, 0.3) is 10.9 Å². The maximum absolute atomic E-state index is 12.2. The first kappa shape index (κ1) is 17.8. The van der Waals surface area contributed by atoms with Gasteiger partial charge in [-0.3, -0.25) is 0 Å². The quantitative estimate of drug-likeness (QED) is 0.651. The normalized spacial score (nSPS) is 10.6. The number of esters is 2. The van der Waals surface area contributed by atoms with Crippen LogP contribution in [-0.4, -0.2) is 29.0 Å². The average molecular weight is 371 g/mol. The first-order valence-corrected chi connectivity index (χ1v) is 8.14. The van der Waals surface area contributed by atoms with Crippen molar-refractivity contribution in [3.05, 3.63) is 70.1 Å². The number of carbonyl (C=O) groups is 2. The van der Waals surface area contributed by atoms with Gasteiger partial charge in [-0.15, -0.1) is 0 Å². The molecule has 132 valence electrons. The van der Waals surface area contributed by atoms with Crippen molar-refractivity contribution < 1.29 is 19.1 Å². The average Bonchev–Trinajstić information content (AvgIpc) is 2.65.